The summed E-state index contributed by atoms with van der Waals surface area (Å²) in [6.45, 7) is 1.69. The van der Waals surface area contributed by atoms with Crippen molar-refractivity contribution in [1.29, 1.82) is 0 Å². The van der Waals surface area contributed by atoms with Crippen LogP contribution in [0.1, 0.15) is 23.8 Å². The van der Waals surface area contributed by atoms with Gasteiger partial charge in [0.25, 0.3) is 0 Å². The van der Waals surface area contributed by atoms with Gasteiger partial charge in [0, 0.05) is 10.9 Å². The number of carboxylic acids is 1. The van der Waals surface area contributed by atoms with Crippen LogP contribution < -0.4 is 4.72 Å². The Kier molecular flexibility index (Phi) is 3.67. The van der Waals surface area contributed by atoms with E-state index in [2.05, 4.69) is 9.71 Å². The quantitative estimate of drug-likeness (QED) is 0.787. The highest BCUT2D eigenvalue weighted by Crippen LogP contribution is 2.29. The van der Waals surface area contributed by atoms with E-state index in [1.807, 2.05) is 0 Å². The van der Waals surface area contributed by atoms with E-state index in [0.717, 1.165) is 12.1 Å². The first-order chi connectivity index (χ1) is 9.34. The maximum atomic E-state index is 13.3. The Bertz CT molecular complexity index is 767. The molecule has 6 nitrogen and oxygen atoms in total. The maximum absolute atomic E-state index is 13.3. The molecule has 3 N–H and O–H groups in total. The van der Waals surface area contributed by atoms with Crippen LogP contribution in [0.3, 0.4) is 0 Å². The molecular formula is C12H13FN2O4S. The molecule has 1 aromatic heterocycles. The molecule has 8 heteroatoms. The summed E-state index contributed by atoms with van der Waals surface area (Å²) in [6.07, 6.45) is 0.383. The number of anilines is 1. The highest BCUT2D eigenvalue weighted by molar-refractivity contribution is 7.92. The number of nitrogens with one attached hydrogen (secondary N) is 2. The highest BCUT2D eigenvalue weighted by Gasteiger charge is 2.21. The maximum Gasteiger partial charge on any atom is 0.354 e. The van der Waals surface area contributed by atoms with Crippen LogP contribution in [0.2, 0.25) is 0 Å². The Morgan fingerprint density at radius 3 is 2.75 bits per heavy atom. The van der Waals surface area contributed by atoms with Gasteiger partial charge in [0.05, 0.1) is 11.4 Å². The van der Waals surface area contributed by atoms with Crippen molar-refractivity contribution in [2.24, 2.45) is 0 Å². The summed E-state index contributed by atoms with van der Waals surface area (Å²) in [7, 11) is -3.67. The fraction of sp³-hybridized carbons (Fsp3) is 0.250. The highest BCUT2D eigenvalue weighted by atomic mass is 32.2. The van der Waals surface area contributed by atoms with E-state index in [0.29, 0.717) is 11.9 Å². The van der Waals surface area contributed by atoms with Gasteiger partial charge < -0.3 is 10.1 Å². The van der Waals surface area contributed by atoms with Crippen LogP contribution >= 0.6 is 0 Å². The fourth-order valence-electron chi connectivity index (χ4n) is 1.91. The second-order valence-electron chi connectivity index (χ2n) is 4.29. The van der Waals surface area contributed by atoms with Crippen molar-refractivity contribution >= 4 is 32.6 Å². The number of aromatic amines is 1. The number of carbonyl (C=O) groups is 1. The lowest BCUT2D eigenvalue weighted by molar-refractivity contribution is 0.0692. The SMILES string of the molecule is CCCS(=O)(=O)Nc1c(C(=O)O)[nH]c2ccc(F)cc12. The van der Waals surface area contributed by atoms with E-state index in [9.17, 15) is 17.6 Å². The molecule has 0 bridgehead atoms. The second kappa shape index (κ2) is 5.12. The third-order valence-electron chi connectivity index (χ3n) is 2.70. The predicted molar refractivity (Wildman–Crippen MR) is 72.9 cm³/mol. The molecule has 1 heterocycles. The van der Waals surface area contributed by atoms with Gasteiger partial charge in [-0.25, -0.2) is 17.6 Å². The number of sulfonamides is 1. The molecule has 0 atom stereocenters. The molecular weight excluding hydrogens is 287 g/mol. The van der Waals surface area contributed by atoms with E-state index in [1.165, 1.54) is 6.07 Å². The molecule has 0 unspecified atom stereocenters. The van der Waals surface area contributed by atoms with Gasteiger partial charge in [-0.3, -0.25) is 4.72 Å². The van der Waals surface area contributed by atoms with Crippen molar-refractivity contribution < 1.29 is 22.7 Å². The number of benzene rings is 1. The number of hydrogen-bond acceptors (Lipinski definition) is 3. The van der Waals surface area contributed by atoms with E-state index < -0.39 is 21.8 Å². The lowest BCUT2D eigenvalue weighted by atomic mass is 10.2. The molecule has 0 spiro atoms. The first-order valence-electron chi connectivity index (χ1n) is 5.89. The third kappa shape index (κ3) is 2.74. The van der Waals surface area contributed by atoms with E-state index in [-0.39, 0.29) is 22.5 Å². The normalized spacial score (nSPS) is 11.7. The molecule has 0 saturated carbocycles. The van der Waals surface area contributed by atoms with Crippen molar-refractivity contribution in [3.05, 3.63) is 29.7 Å². The minimum atomic E-state index is -3.67. The minimum absolute atomic E-state index is 0.138. The predicted octanol–water partition coefficient (Wildman–Crippen LogP) is 2.16. The summed E-state index contributed by atoms with van der Waals surface area (Å²) in [4.78, 5) is 13.7. The molecule has 1 aromatic carbocycles. The molecule has 0 aliphatic carbocycles. The number of carboxylic acid groups (broad SMARTS) is 1. The Morgan fingerprint density at radius 1 is 1.45 bits per heavy atom. The minimum Gasteiger partial charge on any atom is -0.477 e. The van der Waals surface area contributed by atoms with E-state index in [4.69, 9.17) is 5.11 Å². The molecule has 2 aromatic rings. The van der Waals surface area contributed by atoms with Gasteiger partial charge >= 0.3 is 5.97 Å². The number of aromatic carboxylic acids is 1. The standard InChI is InChI=1S/C12H13FN2O4S/c1-2-5-20(18,19)15-10-8-6-7(13)3-4-9(8)14-11(10)12(16)17/h3-4,6,14-15H,2,5H2,1H3,(H,16,17). The molecule has 2 rings (SSSR count). The average molecular weight is 300 g/mol. The van der Waals surface area contributed by atoms with Gasteiger partial charge in [-0.2, -0.15) is 0 Å². The van der Waals surface area contributed by atoms with Crippen LogP contribution in [-0.2, 0) is 10.0 Å². The zero-order valence-corrected chi connectivity index (χ0v) is 11.4. The summed E-state index contributed by atoms with van der Waals surface area (Å²) >= 11 is 0. The number of H-pyrrole nitrogens is 1. The van der Waals surface area contributed by atoms with Crippen molar-refractivity contribution in [2.75, 3.05) is 10.5 Å². The van der Waals surface area contributed by atoms with Crippen LogP contribution in [0.25, 0.3) is 10.9 Å². The van der Waals surface area contributed by atoms with Crippen molar-refractivity contribution in [3.8, 4) is 0 Å². The number of aromatic nitrogens is 1. The fourth-order valence-corrected chi connectivity index (χ4v) is 3.07. The summed E-state index contributed by atoms with van der Waals surface area (Å²) in [6, 6.07) is 3.60. The molecule has 0 aliphatic heterocycles. The van der Waals surface area contributed by atoms with Crippen molar-refractivity contribution in [2.45, 2.75) is 13.3 Å². The Hall–Kier alpha value is -2.09. The van der Waals surface area contributed by atoms with Gasteiger partial charge in [-0.15, -0.1) is 0 Å². The lowest BCUT2D eigenvalue weighted by Crippen LogP contribution is -2.17. The molecule has 0 radical (unpaired) electrons. The van der Waals surface area contributed by atoms with Gasteiger partial charge in [0.2, 0.25) is 10.0 Å². The van der Waals surface area contributed by atoms with Gasteiger partial charge in [0.15, 0.2) is 0 Å². The molecule has 0 fully saturated rings. The monoisotopic (exact) mass is 300 g/mol. The van der Waals surface area contributed by atoms with Crippen molar-refractivity contribution in [3.63, 3.8) is 0 Å². The number of rotatable bonds is 5. The van der Waals surface area contributed by atoms with E-state index in [1.54, 1.807) is 6.92 Å². The smallest absolute Gasteiger partial charge is 0.354 e. The van der Waals surface area contributed by atoms with Gasteiger partial charge in [0.1, 0.15) is 11.5 Å². The summed E-state index contributed by atoms with van der Waals surface area (Å²) in [5.74, 6) is -2.05. The first-order valence-corrected chi connectivity index (χ1v) is 7.54. The van der Waals surface area contributed by atoms with Gasteiger partial charge in [-0.1, -0.05) is 6.92 Å². The summed E-state index contributed by atoms with van der Waals surface area (Å²) in [5, 5.41) is 9.29. The molecule has 108 valence electrons. The zero-order valence-electron chi connectivity index (χ0n) is 10.6. The summed E-state index contributed by atoms with van der Waals surface area (Å²) in [5.41, 5.74) is -0.108. The number of halogens is 1. The molecule has 0 amide bonds. The molecule has 20 heavy (non-hydrogen) atoms. The van der Waals surface area contributed by atoms with Gasteiger partial charge in [-0.05, 0) is 24.6 Å². The Labute approximate surface area is 114 Å². The number of hydrogen-bond donors (Lipinski definition) is 3. The second-order valence-corrected chi connectivity index (χ2v) is 6.13. The molecule has 0 aliphatic rings. The Morgan fingerprint density at radius 2 is 2.15 bits per heavy atom. The molecule has 0 saturated heterocycles. The van der Waals surface area contributed by atoms with Crippen LogP contribution in [0, 0.1) is 5.82 Å². The Balaban J connectivity index is 2.62. The zero-order chi connectivity index (χ0) is 14.9. The van der Waals surface area contributed by atoms with E-state index >= 15 is 0 Å². The van der Waals surface area contributed by atoms with Crippen LogP contribution in [0.5, 0.6) is 0 Å². The first kappa shape index (κ1) is 14.3. The van der Waals surface area contributed by atoms with Crippen molar-refractivity contribution in [1.82, 2.24) is 4.98 Å². The average Bonchev–Trinajstić information content (AvgIpc) is 2.67. The number of fused-ring (bicyclic) bond motifs is 1. The van der Waals surface area contributed by atoms with Crippen LogP contribution in [-0.4, -0.2) is 30.2 Å². The topological polar surface area (TPSA) is 99.3 Å². The lowest BCUT2D eigenvalue weighted by Gasteiger charge is -2.07. The summed E-state index contributed by atoms with van der Waals surface area (Å²) < 4.78 is 39.1. The third-order valence-corrected chi connectivity index (χ3v) is 4.17. The van der Waals surface area contributed by atoms with Crippen LogP contribution in [0.4, 0.5) is 10.1 Å². The van der Waals surface area contributed by atoms with Crippen LogP contribution in [0.15, 0.2) is 18.2 Å². The largest absolute Gasteiger partial charge is 0.477 e.